The summed E-state index contributed by atoms with van der Waals surface area (Å²) in [7, 11) is 3.52. The van der Waals surface area contributed by atoms with Crippen molar-refractivity contribution in [1.82, 2.24) is 15.0 Å². The minimum Gasteiger partial charge on any atom is -0.354 e. The summed E-state index contributed by atoms with van der Waals surface area (Å²) >= 11 is 0. The van der Waals surface area contributed by atoms with Gasteiger partial charge in [-0.05, 0) is 6.92 Å². The number of anilines is 2. The number of hydrogen-bond donors (Lipinski definition) is 2. The van der Waals surface area contributed by atoms with Crippen molar-refractivity contribution in [1.29, 1.82) is 0 Å². The maximum absolute atomic E-state index is 13.1. The van der Waals surface area contributed by atoms with Gasteiger partial charge in [-0.1, -0.05) is 0 Å². The average Bonchev–Trinajstić information content (AvgIpc) is 2.10. The van der Waals surface area contributed by atoms with E-state index in [9.17, 15) is 4.39 Å². The Morgan fingerprint density at radius 1 is 1.50 bits per heavy atom. The molecule has 1 aromatic heterocycles. The van der Waals surface area contributed by atoms with Gasteiger partial charge in [-0.2, -0.15) is 4.98 Å². The van der Waals surface area contributed by atoms with Crippen LogP contribution in [-0.4, -0.2) is 35.6 Å². The quantitative estimate of drug-likeness (QED) is 0.707. The van der Waals surface area contributed by atoms with Gasteiger partial charge in [0.2, 0.25) is 5.95 Å². The van der Waals surface area contributed by atoms with E-state index in [1.54, 1.807) is 19.1 Å². The van der Waals surface area contributed by atoms with Crippen molar-refractivity contribution in [2.45, 2.75) is 6.92 Å². The molecule has 1 aromatic rings. The fourth-order valence-electron chi connectivity index (χ4n) is 0.901. The Balaban J connectivity index is 2.84. The van der Waals surface area contributed by atoms with Gasteiger partial charge in [-0.25, -0.2) is 14.4 Å². The first kappa shape index (κ1) is 10.6. The fourth-order valence-corrected chi connectivity index (χ4v) is 0.901. The fraction of sp³-hybridized carbons (Fsp3) is 0.500. The van der Waals surface area contributed by atoms with Gasteiger partial charge in [0.05, 0.1) is 6.20 Å². The Bertz CT molecular complexity index is 302. The van der Waals surface area contributed by atoms with Crippen LogP contribution in [0.4, 0.5) is 16.2 Å². The summed E-state index contributed by atoms with van der Waals surface area (Å²) < 4.78 is 13.1. The van der Waals surface area contributed by atoms with Gasteiger partial charge in [-0.3, -0.25) is 0 Å². The summed E-state index contributed by atoms with van der Waals surface area (Å²) in [6, 6.07) is 0. The van der Waals surface area contributed by atoms with Crippen LogP contribution in [0.2, 0.25) is 0 Å². The lowest BCUT2D eigenvalue weighted by molar-refractivity contribution is 0.482. The molecule has 0 unspecified atom stereocenters. The van der Waals surface area contributed by atoms with Gasteiger partial charge in [0, 0.05) is 20.6 Å². The molecule has 0 fully saturated rings. The zero-order chi connectivity index (χ0) is 10.6. The first-order valence-corrected chi connectivity index (χ1v) is 4.34. The molecule has 0 aliphatic heterocycles. The second kappa shape index (κ2) is 4.71. The van der Waals surface area contributed by atoms with Crippen LogP contribution in [0.1, 0.15) is 6.92 Å². The van der Waals surface area contributed by atoms with Gasteiger partial charge in [0.1, 0.15) is 0 Å². The number of aromatic nitrogens is 2. The minimum atomic E-state index is -0.472. The van der Waals surface area contributed by atoms with E-state index in [-0.39, 0.29) is 5.82 Å². The van der Waals surface area contributed by atoms with Gasteiger partial charge in [-0.15, -0.1) is 0 Å². The number of halogens is 1. The monoisotopic (exact) mass is 199 g/mol. The second-order valence-electron chi connectivity index (χ2n) is 2.93. The molecule has 0 aromatic carbocycles. The van der Waals surface area contributed by atoms with Crippen LogP contribution in [0.25, 0.3) is 0 Å². The molecule has 5 nitrogen and oxygen atoms in total. The van der Waals surface area contributed by atoms with Crippen molar-refractivity contribution < 1.29 is 4.39 Å². The molecule has 1 heterocycles. The van der Waals surface area contributed by atoms with Crippen LogP contribution in [0.5, 0.6) is 0 Å². The SMILES string of the molecule is CCNc1ncc(F)c(NN(C)C)n1. The third-order valence-electron chi connectivity index (χ3n) is 1.41. The summed E-state index contributed by atoms with van der Waals surface area (Å²) in [6.07, 6.45) is 1.14. The summed E-state index contributed by atoms with van der Waals surface area (Å²) in [6.45, 7) is 2.62. The number of nitrogens with one attached hydrogen (secondary N) is 2. The van der Waals surface area contributed by atoms with Gasteiger partial charge in [0.25, 0.3) is 0 Å². The Kier molecular flexibility index (Phi) is 3.58. The molecule has 0 bridgehead atoms. The standard InChI is InChI=1S/C8H14FN5/c1-4-10-8-11-5-6(9)7(12-8)13-14(2)3/h5H,4H2,1-3H3,(H2,10,11,12,13). The zero-order valence-corrected chi connectivity index (χ0v) is 8.50. The lowest BCUT2D eigenvalue weighted by Gasteiger charge is -2.13. The summed E-state index contributed by atoms with van der Waals surface area (Å²) in [5.41, 5.74) is 2.74. The maximum atomic E-state index is 13.1. The van der Waals surface area contributed by atoms with Crippen LogP contribution in [0.15, 0.2) is 6.20 Å². The molecule has 0 amide bonds. The number of nitrogens with zero attached hydrogens (tertiary/aromatic N) is 3. The molecule has 2 N–H and O–H groups in total. The lowest BCUT2D eigenvalue weighted by atomic mass is 10.5. The molecule has 78 valence electrons. The van der Waals surface area contributed by atoms with Crippen molar-refractivity contribution >= 4 is 11.8 Å². The van der Waals surface area contributed by atoms with Crippen LogP contribution in [0, 0.1) is 5.82 Å². The predicted molar refractivity (Wildman–Crippen MR) is 53.5 cm³/mol. The number of hydrazine groups is 1. The summed E-state index contributed by atoms with van der Waals surface area (Å²) in [5.74, 6) is 0.111. The molecular formula is C8H14FN5. The Morgan fingerprint density at radius 2 is 2.21 bits per heavy atom. The van der Waals surface area contributed by atoms with Crippen molar-refractivity contribution in [3.8, 4) is 0 Å². The van der Waals surface area contributed by atoms with Crippen molar-refractivity contribution in [3.05, 3.63) is 12.0 Å². The van der Waals surface area contributed by atoms with Crippen LogP contribution < -0.4 is 10.7 Å². The van der Waals surface area contributed by atoms with Crippen LogP contribution in [-0.2, 0) is 0 Å². The van der Waals surface area contributed by atoms with Gasteiger partial charge >= 0.3 is 0 Å². The summed E-state index contributed by atoms with van der Waals surface area (Å²) in [5, 5.41) is 4.51. The third kappa shape index (κ3) is 2.81. The van der Waals surface area contributed by atoms with Crippen LogP contribution >= 0.6 is 0 Å². The minimum absolute atomic E-state index is 0.168. The van der Waals surface area contributed by atoms with E-state index in [1.807, 2.05) is 6.92 Å². The smallest absolute Gasteiger partial charge is 0.224 e. The molecule has 1 rings (SSSR count). The first-order valence-electron chi connectivity index (χ1n) is 4.34. The highest BCUT2D eigenvalue weighted by atomic mass is 19.1. The molecule has 0 aliphatic carbocycles. The van der Waals surface area contributed by atoms with Crippen LogP contribution in [0.3, 0.4) is 0 Å². The molecule has 14 heavy (non-hydrogen) atoms. The molecule has 6 heteroatoms. The van der Waals surface area contributed by atoms with E-state index in [0.29, 0.717) is 12.5 Å². The Labute approximate surface area is 82.3 Å². The topological polar surface area (TPSA) is 53.1 Å². The Hall–Kier alpha value is -1.43. The largest absolute Gasteiger partial charge is 0.354 e. The van der Waals surface area contributed by atoms with E-state index in [1.165, 1.54) is 0 Å². The van der Waals surface area contributed by atoms with E-state index in [4.69, 9.17) is 0 Å². The third-order valence-corrected chi connectivity index (χ3v) is 1.41. The summed E-state index contributed by atoms with van der Waals surface area (Å²) in [4.78, 5) is 7.73. The molecule has 0 saturated heterocycles. The van der Waals surface area contributed by atoms with Crippen molar-refractivity contribution in [3.63, 3.8) is 0 Å². The normalized spacial score (nSPS) is 10.4. The van der Waals surface area contributed by atoms with E-state index in [2.05, 4.69) is 20.7 Å². The molecule has 0 aliphatic rings. The zero-order valence-electron chi connectivity index (χ0n) is 8.50. The molecule has 0 saturated carbocycles. The van der Waals surface area contributed by atoms with E-state index in [0.717, 1.165) is 6.20 Å². The first-order chi connectivity index (χ1) is 6.63. The average molecular weight is 199 g/mol. The van der Waals surface area contributed by atoms with Gasteiger partial charge < -0.3 is 10.7 Å². The predicted octanol–water partition coefficient (Wildman–Crippen LogP) is 0.936. The van der Waals surface area contributed by atoms with E-state index >= 15 is 0 Å². The van der Waals surface area contributed by atoms with Crippen molar-refractivity contribution in [2.75, 3.05) is 31.4 Å². The highest BCUT2D eigenvalue weighted by Crippen LogP contribution is 2.11. The number of hydrogen-bond acceptors (Lipinski definition) is 5. The number of rotatable bonds is 4. The lowest BCUT2D eigenvalue weighted by Crippen LogP contribution is -2.21. The maximum Gasteiger partial charge on any atom is 0.224 e. The molecule has 0 radical (unpaired) electrons. The molecular weight excluding hydrogens is 185 g/mol. The second-order valence-corrected chi connectivity index (χ2v) is 2.93. The molecule has 0 atom stereocenters. The molecule has 0 spiro atoms. The van der Waals surface area contributed by atoms with E-state index < -0.39 is 5.82 Å². The van der Waals surface area contributed by atoms with Crippen molar-refractivity contribution in [2.24, 2.45) is 0 Å². The Morgan fingerprint density at radius 3 is 2.79 bits per heavy atom. The highest BCUT2D eigenvalue weighted by Gasteiger charge is 2.06. The highest BCUT2D eigenvalue weighted by molar-refractivity contribution is 5.39. The van der Waals surface area contributed by atoms with Gasteiger partial charge in [0.15, 0.2) is 11.6 Å².